The standard InChI is InChI=1S/C17H12F2N4O4/c18-13-8-11(2-4-15(13)22-7-1-6-20-22)21-17(24)10-27-12-3-5-16(23(25)26)14(19)9-12/h1-9H,10H2,(H,21,24). The van der Waals surface area contributed by atoms with Crippen LogP contribution in [0.4, 0.5) is 20.2 Å². The molecule has 0 bridgehead atoms. The van der Waals surface area contributed by atoms with E-state index in [0.29, 0.717) is 0 Å². The molecule has 27 heavy (non-hydrogen) atoms. The van der Waals surface area contributed by atoms with E-state index in [4.69, 9.17) is 4.74 Å². The molecule has 1 heterocycles. The second kappa shape index (κ2) is 7.60. The van der Waals surface area contributed by atoms with Gasteiger partial charge in [-0.2, -0.15) is 9.49 Å². The van der Waals surface area contributed by atoms with E-state index in [0.717, 1.165) is 18.2 Å². The molecule has 138 valence electrons. The highest BCUT2D eigenvalue weighted by Gasteiger charge is 2.15. The highest BCUT2D eigenvalue weighted by atomic mass is 19.1. The molecule has 0 aliphatic carbocycles. The van der Waals surface area contributed by atoms with Crippen molar-refractivity contribution < 1.29 is 23.2 Å². The lowest BCUT2D eigenvalue weighted by Gasteiger charge is -2.09. The Morgan fingerprint density at radius 2 is 2.04 bits per heavy atom. The van der Waals surface area contributed by atoms with Gasteiger partial charge in [-0.3, -0.25) is 14.9 Å². The van der Waals surface area contributed by atoms with Crippen LogP contribution in [-0.2, 0) is 4.79 Å². The highest BCUT2D eigenvalue weighted by Crippen LogP contribution is 2.22. The maximum atomic E-state index is 14.1. The molecular weight excluding hydrogens is 362 g/mol. The third-order valence-corrected chi connectivity index (χ3v) is 3.47. The van der Waals surface area contributed by atoms with Crippen LogP contribution in [0.15, 0.2) is 54.9 Å². The molecule has 10 heteroatoms. The first-order valence-corrected chi connectivity index (χ1v) is 7.60. The summed E-state index contributed by atoms with van der Waals surface area (Å²) in [5, 5.41) is 16.9. The van der Waals surface area contributed by atoms with Crippen molar-refractivity contribution in [2.24, 2.45) is 0 Å². The van der Waals surface area contributed by atoms with Gasteiger partial charge in [-0.15, -0.1) is 0 Å². The Morgan fingerprint density at radius 1 is 1.22 bits per heavy atom. The summed E-state index contributed by atoms with van der Waals surface area (Å²) in [6, 6.07) is 8.63. The van der Waals surface area contributed by atoms with E-state index in [1.165, 1.54) is 29.1 Å². The first-order chi connectivity index (χ1) is 12.9. The van der Waals surface area contributed by atoms with Crippen molar-refractivity contribution in [3.8, 4) is 11.4 Å². The first kappa shape index (κ1) is 18.0. The molecule has 3 rings (SSSR count). The van der Waals surface area contributed by atoms with Crippen LogP contribution in [0.5, 0.6) is 5.75 Å². The van der Waals surface area contributed by atoms with Gasteiger partial charge in [0, 0.05) is 30.2 Å². The Hall–Kier alpha value is -3.82. The van der Waals surface area contributed by atoms with Gasteiger partial charge in [0.1, 0.15) is 11.4 Å². The van der Waals surface area contributed by atoms with E-state index in [1.54, 1.807) is 12.3 Å². The number of nitro groups is 1. The van der Waals surface area contributed by atoms with Gasteiger partial charge >= 0.3 is 5.69 Å². The Balaban J connectivity index is 1.60. The fourth-order valence-electron chi connectivity index (χ4n) is 2.25. The number of carbonyl (C=O) groups excluding carboxylic acids is 1. The third kappa shape index (κ3) is 4.24. The molecule has 0 spiro atoms. The molecule has 0 radical (unpaired) electrons. The molecule has 0 fully saturated rings. The number of benzene rings is 2. The minimum atomic E-state index is -1.07. The van der Waals surface area contributed by atoms with Crippen LogP contribution in [0.2, 0.25) is 0 Å². The Bertz CT molecular complexity index is 993. The molecule has 1 N–H and O–H groups in total. The fourth-order valence-corrected chi connectivity index (χ4v) is 2.25. The van der Waals surface area contributed by atoms with Crippen molar-refractivity contribution >= 4 is 17.3 Å². The van der Waals surface area contributed by atoms with E-state index >= 15 is 0 Å². The van der Waals surface area contributed by atoms with Gasteiger partial charge in [-0.1, -0.05) is 0 Å². The predicted molar refractivity (Wildman–Crippen MR) is 90.7 cm³/mol. The van der Waals surface area contributed by atoms with Crippen LogP contribution in [0.1, 0.15) is 0 Å². The smallest absolute Gasteiger partial charge is 0.305 e. The maximum absolute atomic E-state index is 14.1. The number of carbonyl (C=O) groups is 1. The molecule has 0 atom stereocenters. The van der Waals surface area contributed by atoms with Crippen LogP contribution in [-0.4, -0.2) is 27.2 Å². The summed E-state index contributed by atoms with van der Waals surface area (Å²) in [4.78, 5) is 21.6. The van der Waals surface area contributed by atoms with Crippen molar-refractivity contribution in [3.05, 3.63) is 76.6 Å². The molecule has 0 aliphatic rings. The van der Waals surface area contributed by atoms with E-state index in [9.17, 15) is 23.7 Å². The van der Waals surface area contributed by atoms with Crippen molar-refractivity contribution in [2.75, 3.05) is 11.9 Å². The van der Waals surface area contributed by atoms with Gasteiger partial charge in [0.2, 0.25) is 5.82 Å². The van der Waals surface area contributed by atoms with Gasteiger partial charge in [-0.05, 0) is 30.3 Å². The molecule has 2 aromatic carbocycles. The van der Waals surface area contributed by atoms with Gasteiger partial charge in [-0.25, -0.2) is 9.07 Å². The maximum Gasteiger partial charge on any atom is 0.305 e. The van der Waals surface area contributed by atoms with E-state index in [2.05, 4.69) is 10.4 Å². The number of nitrogens with one attached hydrogen (secondary N) is 1. The van der Waals surface area contributed by atoms with Gasteiger partial charge < -0.3 is 10.1 Å². The zero-order valence-electron chi connectivity index (χ0n) is 13.6. The summed E-state index contributed by atoms with van der Waals surface area (Å²) < 4.78 is 34.0. The van der Waals surface area contributed by atoms with Gasteiger partial charge in [0.25, 0.3) is 5.91 Å². The monoisotopic (exact) mass is 374 g/mol. The number of aromatic nitrogens is 2. The molecule has 1 amide bonds. The average Bonchev–Trinajstić information content (AvgIpc) is 3.14. The van der Waals surface area contributed by atoms with Crippen molar-refractivity contribution in [1.82, 2.24) is 9.78 Å². The number of nitro benzene ring substituents is 1. The molecule has 8 nitrogen and oxygen atoms in total. The second-order valence-electron chi connectivity index (χ2n) is 5.32. The van der Waals surface area contributed by atoms with Crippen LogP contribution in [0.25, 0.3) is 5.69 Å². The molecule has 0 aliphatic heterocycles. The van der Waals surface area contributed by atoms with Gasteiger partial charge in [0.05, 0.1) is 4.92 Å². The molecule has 0 saturated carbocycles. The van der Waals surface area contributed by atoms with E-state index < -0.39 is 34.8 Å². The normalized spacial score (nSPS) is 10.4. The Labute approximate surface area is 151 Å². The summed E-state index contributed by atoms with van der Waals surface area (Å²) in [6.45, 7) is -0.486. The number of anilines is 1. The number of amides is 1. The molecule has 3 aromatic rings. The summed E-state index contributed by atoms with van der Waals surface area (Å²) in [5.74, 6) is -2.32. The fraction of sp³-hybridized carbons (Fsp3) is 0.0588. The largest absolute Gasteiger partial charge is 0.484 e. The number of halogens is 2. The number of hydrogen-bond donors (Lipinski definition) is 1. The zero-order chi connectivity index (χ0) is 19.4. The van der Waals surface area contributed by atoms with Crippen molar-refractivity contribution in [2.45, 2.75) is 0 Å². The summed E-state index contributed by atoms with van der Waals surface area (Å²) in [6.07, 6.45) is 3.08. The summed E-state index contributed by atoms with van der Waals surface area (Å²) in [7, 11) is 0. The summed E-state index contributed by atoms with van der Waals surface area (Å²) in [5.41, 5.74) is -0.276. The lowest BCUT2D eigenvalue weighted by Crippen LogP contribution is -2.20. The SMILES string of the molecule is O=C(COc1ccc([N+](=O)[O-])c(F)c1)Nc1ccc(-n2cccn2)c(F)c1. The minimum Gasteiger partial charge on any atom is -0.484 e. The highest BCUT2D eigenvalue weighted by molar-refractivity contribution is 5.92. The topological polar surface area (TPSA) is 99.3 Å². The summed E-state index contributed by atoms with van der Waals surface area (Å²) >= 11 is 0. The second-order valence-corrected chi connectivity index (χ2v) is 5.32. The number of rotatable bonds is 6. The first-order valence-electron chi connectivity index (χ1n) is 7.60. The molecule has 0 saturated heterocycles. The lowest BCUT2D eigenvalue weighted by molar-refractivity contribution is -0.387. The van der Waals surface area contributed by atoms with E-state index in [1.807, 2.05) is 0 Å². The van der Waals surface area contributed by atoms with Crippen molar-refractivity contribution in [3.63, 3.8) is 0 Å². The molecular formula is C17H12F2N4O4. The molecule has 1 aromatic heterocycles. The quantitative estimate of drug-likeness (QED) is 0.528. The minimum absolute atomic E-state index is 0.0477. The number of nitrogens with zero attached hydrogens (tertiary/aromatic N) is 3. The average molecular weight is 374 g/mol. The van der Waals surface area contributed by atoms with Crippen molar-refractivity contribution in [1.29, 1.82) is 0 Å². The predicted octanol–water partition coefficient (Wildman–Crippen LogP) is 3.08. The third-order valence-electron chi connectivity index (χ3n) is 3.47. The van der Waals surface area contributed by atoms with Crippen LogP contribution >= 0.6 is 0 Å². The number of ether oxygens (including phenoxy) is 1. The Morgan fingerprint density at radius 3 is 2.67 bits per heavy atom. The Kier molecular flexibility index (Phi) is 5.06. The van der Waals surface area contributed by atoms with Crippen LogP contribution in [0.3, 0.4) is 0 Å². The zero-order valence-corrected chi connectivity index (χ0v) is 13.6. The van der Waals surface area contributed by atoms with Gasteiger partial charge in [0.15, 0.2) is 12.4 Å². The van der Waals surface area contributed by atoms with Crippen LogP contribution in [0, 0.1) is 21.7 Å². The lowest BCUT2D eigenvalue weighted by atomic mass is 10.2. The number of hydrogen-bond acceptors (Lipinski definition) is 5. The van der Waals surface area contributed by atoms with E-state index in [-0.39, 0.29) is 17.1 Å². The van der Waals surface area contributed by atoms with Crippen LogP contribution < -0.4 is 10.1 Å². The molecule has 0 unspecified atom stereocenters.